The predicted octanol–water partition coefficient (Wildman–Crippen LogP) is 4.38. The molecule has 7 heteroatoms. The van der Waals surface area contributed by atoms with Crippen molar-refractivity contribution < 1.29 is 22.7 Å². The van der Waals surface area contributed by atoms with Crippen LogP contribution in [0.25, 0.3) is 0 Å². The fraction of sp³-hybridized carbons (Fsp3) is 0.565. The van der Waals surface area contributed by atoms with Crippen LogP contribution in [0.4, 0.5) is 0 Å². The molecule has 1 atom stereocenters. The molecule has 0 aliphatic carbocycles. The molecule has 2 rings (SSSR count). The Kier molecular flexibility index (Phi) is 9.24. The molecule has 166 valence electrons. The van der Waals surface area contributed by atoms with Gasteiger partial charge in [-0.15, -0.1) is 0 Å². The molecule has 0 bridgehead atoms. The van der Waals surface area contributed by atoms with Crippen LogP contribution in [0.2, 0.25) is 0 Å². The number of allylic oxidation sites excluding steroid dienone is 1. The van der Waals surface area contributed by atoms with Gasteiger partial charge in [-0.25, -0.2) is 8.42 Å². The van der Waals surface area contributed by atoms with Gasteiger partial charge < -0.3 is 9.53 Å². The van der Waals surface area contributed by atoms with Gasteiger partial charge in [-0.2, -0.15) is 4.31 Å². The second kappa shape index (κ2) is 11.4. The first-order chi connectivity index (χ1) is 14.3. The van der Waals surface area contributed by atoms with E-state index in [9.17, 15) is 18.0 Å². The third-order valence-corrected chi connectivity index (χ3v) is 7.26. The molecule has 0 radical (unpaired) electrons. The number of carbonyl (C=O) groups excluding carboxylic acids is 2. The van der Waals surface area contributed by atoms with Crippen molar-refractivity contribution in [1.82, 2.24) is 4.31 Å². The number of benzene rings is 1. The molecule has 1 saturated heterocycles. The number of hydrogen-bond donors (Lipinski definition) is 0. The lowest BCUT2D eigenvalue weighted by Gasteiger charge is -2.16. The molecular weight excluding hydrogens is 402 g/mol. The summed E-state index contributed by atoms with van der Waals surface area (Å²) < 4.78 is 33.1. The number of sulfonamides is 1. The Hall–Kier alpha value is -1.99. The van der Waals surface area contributed by atoms with Gasteiger partial charge in [0, 0.05) is 38.8 Å². The fourth-order valence-corrected chi connectivity index (χ4v) is 5.23. The van der Waals surface area contributed by atoms with E-state index in [1.807, 2.05) is 6.92 Å². The highest BCUT2D eigenvalue weighted by atomic mass is 32.2. The summed E-state index contributed by atoms with van der Waals surface area (Å²) in [5.74, 6) is -0.157. The molecule has 1 aliphatic rings. The quantitative estimate of drug-likeness (QED) is 0.223. The highest BCUT2D eigenvalue weighted by Gasteiger charge is 2.37. The minimum absolute atomic E-state index is 0.145. The van der Waals surface area contributed by atoms with Crippen LogP contribution in [0.5, 0.6) is 0 Å². The summed E-state index contributed by atoms with van der Waals surface area (Å²) in [6.45, 7) is 5.76. The summed E-state index contributed by atoms with van der Waals surface area (Å²) in [6, 6.07) is 6.73. The van der Waals surface area contributed by atoms with Crippen molar-refractivity contribution in [2.75, 3.05) is 13.1 Å². The number of rotatable bonds is 11. The molecule has 1 aliphatic heterocycles. The highest BCUT2D eigenvalue weighted by molar-refractivity contribution is 7.89. The van der Waals surface area contributed by atoms with Gasteiger partial charge >= 0.3 is 5.97 Å². The standard InChI is InChI=1S/C23H33NO5S/c1-4-5-6-7-8-9-23(29-19(3)26)22-17-24(16-20(22)14-15-25)30(27,28)21-12-10-18(2)11-13-21/h10-13,15,20H,4-9,14,16-17H2,1-3H3/b23-22+. The zero-order valence-corrected chi connectivity index (χ0v) is 19.0. The first-order valence-corrected chi connectivity index (χ1v) is 12.1. The zero-order valence-electron chi connectivity index (χ0n) is 18.2. The number of ether oxygens (including phenoxy) is 1. The van der Waals surface area contributed by atoms with Gasteiger partial charge in [-0.3, -0.25) is 4.79 Å². The molecule has 0 saturated carbocycles. The lowest BCUT2D eigenvalue weighted by molar-refractivity contribution is -0.137. The number of unbranched alkanes of at least 4 members (excludes halogenated alkanes) is 4. The van der Waals surface area contributed by atoms with E-state index in [2.05, 4.69) is 6.92 Å². The summed E-state index contributed by atoms with van der Waals surface area (Å²) >= 11 is 0. The number of carbonyl (C=O) groups is 2. The molecular formula is C23H33NO5S. The molecule has 0 amide bonds. The van der Waals surface area contributed by atoms with Crippen molar-refractivity contribution >= 4 is 22.3 Å². The summed E-state index contributed by atoms with van der Waals surface area (Å²) in [5.41, 5.74) is 1.73. The molecule has 0 aromatic heterocycles. The van der Waals surface area contributed by atoms with Crippen LogP contribution in [-0.2, 0) is 24.3 Å². The molecule has 1 unspecified atom stereocenters. The van der Waals surface area contributed by atoms with Crippen molar-refractivity contribution in [2.45, 2.75) is 70.6 Å². The monoisotopic (exact) mass is 435 g/mol. The average molecular weight is 436 g/mol. The Labute approximate surface area is 180 Å². The molecule has 6 nitrogen and oxygen atoms in total. The predicted molar refractivity (Wildman–Crippen MR) is 116 cm³/mol. The molecule has 1 fully saturated rings. The topological polar surface area (TPSA) is 80.8 Å². The number of aldehydes is 1. The van der Waals surface area contributed by atoms with Crippen LogP contribution in [-0.4, -0.2) is 38.1 Å². The van der Waals surface area contributed by atoms with Gasteiger partial charge in [-0.1, -0.05) is 50.3 Å². The molecule has 1 aromatic carbocycles. The SMILES string of the molecule is CCCCCCC/C(OC(C)=O)=C1/CN(S(=O)(=O)c2ccc(C)cc2)CC1CC=O. The van der Waals surface area contributed by atoms with Crippen molar-refractivity contribution in [1.29, 1.82) is 0 Å². The zero-order chi connectivity index (χ0) is 22.1. The Morgan fingerprint density at radius 3 is 2.43 bits per heavy atom. The Morgan fingerprint density at radius 1 is 1.17 bits per heavy atom. The maximum Gasteiger partial charge on any atom is 0.307 e. The molecule has 0 spiro atoms. The number of esters is 1. The number of nitrogens with zero attached hydrogens (tertiary/aromatic N) is 1. The van der Waals surface area contributed by atoms with E-state index in [-0.39, 0.29) is 30.3 Å². The first-order valence-electron chi connectivity index (χ1n) is 10.7. The summed E-state index contributed by atoms with van der Waals surface area (Å²) in [4.78, 5) is 23.2. The van der Waals surface area contributed by atoms with Crippen molar-refractivity contribution in [3.63, 3.8) is 0 Å². The van der Waals surface area contributed by atoms with Gasteiger partial charge in [0.05, 0.1) is 4.90 Å². The number of hydrogen-bond acceptors (Lipinski definition) is 5. The maximum absolute atomic E-state index is 13.1. The van der Waals surface area contributed by atoms with Gasteiger partial charge in [0.2, 0.25) is 10.0 Å². The summed E-state index contributed by atoms with van der Waals surface area (Å²) in [7, 11) is -3.69. The third-order valence-electron chi connectivity index (χ3n) is 5.44. The van der Waals surface area contributed by atoms with Crippen LogP contribution in [0, 0.1) is 12.8 Å². The molecule has 0 N–H and O–H groups in total. The van der Waals surface area contributed by atoms with Gasteiger partial charge in [-0.05, 0) is 31.1 Å². The Morgan fingerprint density at radius 2 is 1.83 bits per heavy atom. The van der Waals surface area contributed by atoms with Crippen molar-refractivity contribution in [3.05, 3.63) is 41.2 Å². The second-order valence-electron chi connectivity index (χ2n) is 7.92. The van der Waals surface area contributed by atoms with E-state index >= 15 is 0 Å². The van der Waals surface area contributed by atoms with Gasteiger partial charge in [0.15, 0.2) is 0 Å². The fourth-order valence-electron chi connectivity index (χ4n) is 3.77. The van der Waals surface area contributed by atoms with Crippen molar-refractivity contribution in [2.24, 2.45) is 5.92 Å². The lowest BCUT2D eigenvalue weighted by Crippen LogP contribution is -2.29. The maximum atomic E-state index is 13.1. The first kappa shape index (κ1) is 24.3. The van der Waals surface area contributed by atoms with E-state index in [0.717, 1.165) is 49.5 Å². The minimum atomic E-state index is -3.69. The summed E-state index contributed by atoms with van der Waals surface area (Å²) in [5, 5.41) is 0. The molecule has 1 aromatic rings. The van der Waals surface area contributed by atoms with Crippen LogP contribution in [0.1, 0.15) is 64.4 Å². The van der Waals surface area contributed by atoms with Crippen molar-refractivity contribution in [3.8, 4) is 0 Å². The van der Waals surface area contributed by atoms with E-state index in [0.29, 0.717) is 12.2 Å². The lowest BCUT2D eigenvalue weighted by atomic mass is 9.96. The van der Waals surface area contributed by atoms with Gasteiger partial charge in [0.1, 0.15) is 12.0 Å². The second-order valence-corrected chi connectivity index (χ2v) is 9.85. The normalized spacial score (nSPS) is 19.0. The number of aryl methyl sites for hydroxylation is 1. The minimum Gasteiger partial charge on any atom is -0.431 e. The largest absolute Gasteiger partial charge is 0.431 e. The van der Waals surface area contributed by atoms with Crippen LogP contribution in [0.3, 0.4) is 0 Å². The van der Waals surface area contributed by atoms with Crippen LogP contribution < -0.4 is 0 Å². The van der Waals surface area contributed by atoms with Crippen LogP contribution in [0.15, 0.2) is 40.5 Å². The van der Waals surface area contributed by atoms with E-state index in [1.165, 1.54) is 11.2 Å². The Balaban J connectivity index is 2.28. The smallest absolute Gasteiger partial charge is 0.307 e. The third kappa shape index (κ3) is 6.51. The summed E-state index contributed by atoms with van der Waals surface area (Å²) in [6.07, 6.45) is 6.90. The van der Waals surface area contributed by atoms with Crippen LogP contribution >= 0.6 is 0 Å². The van der Waals surface area contributed by atoms with E-state index < -0.39 is 16.0 Å². The average Bonchev–Trinajstić information content (AvgIpc) is 3.12. The molecule has 1 heterocycles. The van der Waals surface area contributed by atoms with E-state index in [4.69, 9.17) is 4.74 Å². The Bertz CT molecular complexity index is 858. The highest BCUT2D eigenvalue weighted by Crippen LogP contribution is 2.34. The molecule has 30 heavy (non-hydrogen) atoms. The van der Waals surface area contributed by atoms with E-state index in [1.54, 1.807) is 24.3 Å². The van der Waals surface area contributed by atoms with Gasteiger partial charge in [0.25, 0.3) is 0 Å².